The number of hydrogen-bond acceptors (Lipinski definition) is 6. The number of carbonyl (C=O) groups excluding carboxylic acids is 2. The Balaban J connectivity index is 1.36. The molecule has 2 amide bonds. The number of carbonyl (C=O) groups is 2. The van der Waals surface area contributed by atoms with Crippen LogP contribution in [0, 0.1) is 5.92 Å². The van der Waals surface area contributed by atoms with E-state index in [-0.39, 0.29) is 35.9 Å². The predicted octanol–water partition coefficient (Wildman–Crippen LogP) is 5.53. The van der Waals surface area contributed by atoms with Crippen LogP contribution in [0.1, 0.15) is 44.1 Å². The summed E-state index contributed by atoms with van der Waals surface area (Å²) in [5, 5.41) is 2.65. The van der Waals surface area contributed by atoms with Gasteiger partial charge in [-0.25, -0.2) is 9.78 Å². The minimum Gasteiger partial charge on any atom is -0.453 e. The molecule has 1 aliphatic carbocycles. The lowest BCUT2D eigenvalue weighted by molar-refractivity contribution is -0.153. The van der Waals surface area contributed by atoms with Crippen LogP contribution in [0.4, 0.5) is 13.6 Å². The van der Waals surface area contributed by atoms with Crippen LogP contribution in [-0.2, 0) is 30.5 Å². The van der Waals surface area contributed by atoms with Crippen LogP contribution in [0.2, 0.25) is 0 Å². The van der Waals surface area contributed by atoms with Gasteiger partial charge in [-0.2, -0.15) is 8.78 Å². The molecule has 1 aromatic heterocycles. The number of imidazole rings is 1. The first-order valence-corrected chi connectivity index (χ1v) is 14.5. The summed E-state index contributed by atoms with van der Waals surface area (Å²) in [7, 11) is 1.24. The molecule has 222 valence electrons. The molecule has 3 aliphatic rings. The molecule has 9 nitrogen and oxygen atoms in total. The second-order valence-corrected chi connectivity index (χ2v) is 12.4. The van der Waals surface area contributed by atoms with Gasteiger partial charge in [-0.1, -0.05) is 48.0 Å². The summed E-state index contributed by atoms with van der Waals surface area (Å²) in [6, 6.07) is 9.00. The average molecular weight is 646 g/mol. The number of ether oxygens (including phenoxy) is 3. The van der Waals surface area contributed by atoms with Crippen molar-refractivity contribution in [2.24, 2.45) is 5.92 Å². The summed E-state index contributed by atoms with van der Waals surface area (Å²) < 4.78 is 48.4. The second kappa shape index (κ2) is 10.1. The summed E-state index contributed by atoms with van der Waals surface area (Å²) >= 11 is 3.30. The monoisotopic (exact) mass is 644 g/mol. The van der Waals surface area contributed by atoms with E-state index in [0.29, 0.717) is 45.9 Å². The molecule has 3 heterocycles. The van der Waals surface area contributed by atoms with Crippen LogP contribution in [0.3, 0.4) is 0 Å². The second-order valence-electron chi connectivity index (χ2n) is 11.5. The number of halogens is 3. The van der Waals surface area contributed by atoms with Crippen LogP contribution in [0.15, 0.2) is 47.1 Å². The van der Waals surface area contributed by atoms with Crippen molar-refractivity contribution >= 4 is 27.9 Å². The molecule has 2 saturated heterocycles. The first kappa shape index (κ1) is 28.8. The maximum atomic E-state index is 15.5. The lowest BCUT2D eigenvalue weighted by Crippen LogP contribution is -2.55. The molecule has 2 atom stereocenters. The van der Waals surface area contributed by atoms with E-state index in [1.54, 1.807) is 35.4 Å². The molecule has 2 aromatic carbocycles. The highest BCUT2D eigenvalue weighted by atomic mass is 79.9. The molecular weight excluding hydrogens is 614 g/mol. The molecule has 0 saturated carbocycles. The number of rotatable bonds is 5. The third kappa shape index (κ3) is 4.51. The standard InChI is InChI=1S/C30H31BrF2N4O5/c1-16(2)24(36-27(39)40-4)25(38)37-15-29(41-9-10-42-29)14-28(37,3)26-34-13-23(35-26)17-5-7-19-20-8-6-18(31)12-22(20)30(32,33)21(19)11-17/h5-8,11-13,16,24H,9-10,14-15H2,1-4H3,(H,34,35)(H,36,39)/t24-,28-/m0/s1. The SMILES string of the molecule is COC(=O)N[C@H](C(=O)N1CC2(C[C@@]1(C)c1ncc(-c3ccc4c(c3)C(F)(F)c3cc(Br)ccc3-4)[nH]1)OCCO2)C(C)C. The zero-order valence-corrected chi connectivity index (χ0v) is 25.2. The van der Waals surface area contributed by atoms with E-state index in [1.165, 1.54) is 19.2 Å². The largest absolute Gasteiger partial charge is 0.453 e. The summed E-state index contributed by atoms with van der Waals surface area (Å²) in [6.07, 6.45) is 1.15. The highest BCUT2D eigenvalue weighted by Crippen LogP contribution is 2.52. The van der Waals surface area contributed by atoms with Gasteiger partial charge in [-0.05, 0) is 42.2 Å². The zero-order chi connectivity index (χ0) is 30.0. The maximum absolute atomic E-state index is 15.5. The Hall–Kier alpha value is -3.35. The van der Waals surface area contributed by atoms with E-state index in [2.05, 4.69) is 31.2 Å². The van der Waals surface area contributed by atoms with Gasteiger partial charge in [0.25, 0.3) is 5.92 Å². The van der Waals surface area contributed by atoms with Gasteiger partial charge >= 0.3 is 6.09 Å². The topological polar surface area (TPSA) is 106 Å². The zero-order valence-electron chi connectivity index (χ0n) is 23.6. The average Bonchev–Trinajstić information content (AvgIpc) is 3.73. The van der Waals surface area contributed by atoms with E-state index < -0.39 is 29.4 Å². The fourth-order valence-corrected chi connectivity index (χ4v) is 6.65. The van der Waals surface area contributed by atoms with Gasteiger partial charge < -0.3 is 29.4 Å². The normalized spacial score (nSPS) is 22.3. The molecular formula is C30H31BrF2N4O5. The van der Waals surface area contributed by atoms with Crippen LogP contribution in [-0.4, -0.2) is 65.6 Å². The van der Waals surface area contributed by atoms with Crippen LogP contribution < -0.4 is 5.32 Å². The molecule has 0 bridgehead atoms. The quantitative estimate of drug-likeness (QED) is 0.378. The van der Waals surface area contributed by atoms with Crippen LogP contribution in [0.5, 0.6) is 0 Å². The van der Waals surface area contributed by atoms with Crippen molar-refractivity contribution in [3.05, 3.63) is 64.0 Å². The van der Waals surface area contributed by atoms with Gasteiger partial charge in [0, 0.05) is 27.6 Å². The first-order chi connectivity index (χ1) is 19.9. The van der Waals surface area contributed by atoms with Crippen molar-refractivity contribution in [3.8, 4) is 22.4 Å². The van der Waals surface area contributed by atoms with Gasteiger partial charge in [0.05, 0.1) is 38.8 Å². The van der Waals surface area contributed by atoms with Crippen molar-refractivity contribution in [1.29, 1.82) is 0 Å². The summed E-state index contributed by atoms with van der Waals surface area (Å²) in [6.45, 7) is 6.42. The Bertz CT molecular complexity index is 1570. The Labute approximate surface area is 250 Å². The summed E-state index contributed by atoms with van der Waals surface area (Å²) in [5.41, 5.74) is 0.919. The van der Waals surface area contributed by atoms with Crippen molar-refractivity contribution in [2.45, 2.75) is 50.5 Å². The highest BCUT2D eigenvalue weighted by Gasteiger charge is 2.59. The van der Waals surface area contributed by atoms with Gasteiger partial charge in [0.1, 0.15) is 17.4 Å². The van der Waals surface area contributed by atoms with E-state index in [9.17, 15) is 9.59 Å². The number of H-pyrrole nitrogens is 1. The predicted molar refractivity (Wildman–Crippen MR) is 153 cm³/mol. The number of aromatic nitrogens is 2. The number of methoxy groups -OCH3 is 1. The number of likely N-dealkylation sites (tertiary alicyclic amines) is 1. The number of amides is 2. The summed E-state index contributed by atoms with van der Waals surface area (Å²) in [5.74, 6) is -4.32. The lowest BCUT2D eigenvalue weighted by Gasteiger charge is -2.36. The Morgan fingerprint density at radius 3 is 2.45 bits per heavy atom. The summed E-state index contributed by atoms with van der Waals surface area (Å²) in [4.78, 5) is 35.6. The van der Waals surface area contributed by atoms with E-state index in [1.807, 2.05) is 20.8 Å². The number of alkyl carbamates (subject to hydrolysis) is 1. The van der Waals surface area contributed by atoms with Gasteiger partial charge in [-0.15, -0.1) is 0 Å². The molecule has 6 rings (SSSR count). The van der Waals surface area contributed by atoms with Crippen molar-refractivity contribution < 1.29 is 32.6 Å². The number of fused-ring (bicyclic) bond motifs is 3. The molecule has 42 heavy (non-hydrogen) atoms. The Kier molecular flexibility index (Phi) is 6.94. The van der Waals surface area contributed by atoms with Crippen molar-refractivity contribution in [1.82, 2.24) is 20.2 Å². The lowest BCUT2D eigenvalue weighted by atomic mass is 9.94. The molecule has 12 heteroatoms. The van der Waals surface area contributed by atoms with Gasteiger partial charge in [0.2, 0.25) is 5.91 Å². The fourth-order valence-electron chi connectivity index (χ4n) is 6.29. The van der Waals surface area contributed by atoms with Gasteiger partial charge in [0.15, 0.2) is 5.79 Å². The third-order valence-electron chi connectivity index (χ3n) is 8.44. The van der Waals surface area contributed by atoms with Crippen molar-refractivity contribution in [2.75, 3.05) is 26.9 Å². The number of nitrogens with zero attached hydrogens (tertiary/aromatic N) is 2. The number of hydrogen-bond donors (Lipinski definition) is 2. The Morgan fingerprint density at radius 1 is 1.12 bits per heavy atom. The third-order valence-corrected chi connectivity index (χ3v) is 8.94. The minimum atomic E-state index is -3.16. The van der Waals surface area contributed by atoms with Gasteiger partial charge in [-0.3, -0.25) is 4.79 Å². The minimum absolute atomic E-state index is 0.0379. The van der Waals surface area contributed by atoms with E-state index >= 15 is 8.78 Å². The molecule has 0 unspecified atom stereocenters. The number of nitrogens with one attached hydrogen (secondary N) is 2. The molecule has 2 fully saturated rings. The highest BCUT2D eigenvalue weighted by molar-refractivity contribution is 9.10. The Morgan fingerprint density at radius 2 is 1.79 bits per heavy atom. The molecule has 2 aliphatic heterocycles. The van der Waals surface area contributed by atoms with E-state index in [4.69, 9.17) is 14.2 Å². The smallest absolute Gasteiger partial charge is 0.407 e. The number of alkyl halides is 2. The molecule has 3 aromatic rings. The maximum Gasteiger partial charge on any atom is 0.407 e. The number of benzene rings is 2. The van der Waals surface area contributed by atoms with Crippen LogP contribution >= 0.6 is 15.9 Å². The molecule has 0 radical (unpaired) electrons. The van der Waals surface area contributed by atoms with Crippen LogP contribution in [0.25, 0.3) is 22.4 Å². The first-order valence-electron chi connectivity index (χ1n) is 13.7. The molecule has 2 N–H and O–H groups in total. The van der Waals surface area contributed by atoms with Crippen molar-refractivity contribution in [3.63, 3.8) is 0 Å². The molecule has 1 spiro atoms. The van der Waals surface area contributed by atoms with E-state index in [0.717, 1.165) is 0 Å². The fraction of sp³-hybridized carbons (Fsp3) is 0.433. The number of aromatic amines is 1.